The van der Waals surface area contributed by atoms with Gasteiger partial charge in [-0.1, -0.05) is 26.7 Å². The molecular weight excluding hydrogens is 340 g/mol. The van der Waals surface area contributed by atoms with E-state index in [4.69, 9.17) is 0 Å². The van der Waals surface area contributed by atoms with Gasteiger partial charge in [0.05, 0.1) is 11.0 Å². The highest BCUT2D eigenvalue weighted by Gasteiger charge is 2.30. The molecule has 1 saturated heterocycles. The van der Waals surface area contributed by atoms with Crippen LogP contribution >= 0.6 is 0 Å². The number of carbonyl (C=O) groups excluding carboxylic acids is 2. The van der Waals surface area contributed by atoms with Crippen molar-refractivity contribution < 1.29 is 9.59 Å². The van der Waals surface area contributed by atoms with Gasteiger partial charge >= 0.3 is 0 Å². The molecule has 2 aliphatic rings. The number of carbonyl (C=O) groups is 2. The van der Waals surface area contributed by atoms with Gasteiger partial charge in [-0.2, -0.15) is 0 Å². The maximum Gasteiger partial charge on any atom is 0.254 e. The Morgan fingerprint density at radius 3 is 2.41 bits per heavy atom. The number of piperazine rings is 1. The Bertz CT molecular complexity index is 843. The third kappa shape index (κ3) is 3.57. The van der Waals surface area contributed by atoms with Crippen LogP contribution in [0.3, 0.4) is 0 Å². The topological polar surface area (TPSA) is 69.3 Å². The van der Waals surface area contributed by atoms with Gasteiger partial charge in [-0.3, -0.25) is 9.59 Å². The van der Waals surface area contributed by atoms with Crippen molar-refractivity contribution in [3.05, 3.63) is 29.6 Å². The van der Waals surface area contributed by atoms with E-state index < -0.39 is 0 Å². The van der Waals surface area contributed by atoms with Crippen molar-refractivity contribution in [1.82, 2.24) is 19.8 Å². The molecule has 2 heterocycles. The van der Waals surface area contributed by atoms with E-state index in [2.05, 4.69) is 23.8 Å². The molecule has 2 fully saturated rings. The lowest BCUT2D eigenvalue weighted by Crippen LogP contribution is -2.51. The van der Waals surface area contributed by atoms with Crippen LogP contribution in [0, 0.1) is 5.92 Å². The van der Waals surface area contributed by atoms with E-state index in [0.717, 1.165) is 29.7 Å². The van der Waals surface area contributed by atoms with Crippen molar-refractivity contribution in [2.45, 2.75) is 45.4 Å². The van der Waals surface area contributed by atoms with Gasteiger partial charge in [0.2, 0.25) is 5.91 Å². The van der Waals surface area contributed by atoms with E-state index in [1.807, 2.05) is 28.0 Å². The van der Waals surface area contributed by atoms with E-state index in [-0.39, 0.29) is 11.8 Å². The number of benzene rings is 1. The molecule has 1 aromatic heterocycles. The highest BCUT2D eigenvalue weighted by atomic mass is 16.2. The summed E-state index contributed by atoms with van der Waals surface area (Å²) < 4.78 is 0. The number of H-pyrrole nitrogens is 1. The van der Waals surface area contributed by atoms with Crippen LogP contribution in [0.1, 0.15) is 61.6 Å². The van der Waals surface area contributed by atoms with Crippen LogP contribution in [-0.2, 0) is 4.79 Å². The average Bonchev–Trinajstić information content (AvgIpc) is 3.36. The number of imidazole rings is 1. The van der Waals surface area contributed by atoms with E-state index in [1.165, 1.54) is 12.8 Å². The Morgan fingerprint density at radius 2 is 1.74 bits per heavy atom. The number of amides is 2. The van der Waals surface area contributed by atoms with Crippen LogP contribution in [-0.4, -0.2) is 57.8 Å². The second kappa shape index (κ2) is 7.33. The number of nitrogens with one attached hydrogen (secondary N) is 1. The van der Waals surface area contributed by atoms with E-state index in [0.29, 0.717) is 43.6 Å². The normalized spacial score (nSPS) is 18.6. The van der Waals surface area contributed by atoms with Gasteiger partial charge in [-0.15, -0.1) is 0 Å². The van der Waals surface area contributed by atoms with Crippen LogP contribution in [0.25, 0.3) is 11.0 Å². The van der Waals surface area contributed by atoms with Crippen molar-refractivity contribution in [3.63, 3.8) is 0 Å². The van der Waals surface area contributed by atoms with Crippen LogP contribution in [0.5, 0.6) is 0 Å². The molecule has 2 amide bonds. The quantitative estimate of drug-likeness (QED) is 0.905. The minimum atomic E-state index is 0.0329. The lowest BCUT2D eigenvalue weighted by Gasteiger charge is -2.36. The molecule has 0 spiro atoms. The van der Waals surface area contributed by atoms with E-state index in [9.17, 15) is 9.59 Å². The maximum absolute atomic E-state index is 12.9. The molecule has 144 valence electrons. The molecule has 0 unspecified atom stereocenters. The molecule has 0 bridgehead atoms. The standard InChI is InChI=1S/C21H28N4O2/c1-14(2)19-22-17-8-7-16(13-18(17)23-19)21(27)25-11-9-24(10-12-25)20(26)15-5-3-4-6-15/h7-8,13-15H,3-6,9-12H2,1-2H3,(H,22,23). The predicted molar refractivity (Wildman–Crippen MR) is 105 cm³/mol. The smallest absolute Gasteiger partial charge is 0.254 e. The predicted octanol–water partition coefficient (Wildman–Crippen LogP) is 3.16. The van der Waals surface area contributed by atoms with Gasteiger partial charge in [-0.25, -0.2) is 4.98 Å². The summed E-state index contributed by atoms with van der Waals surface area (Å²) in [5.74, 6) is 1.80. The summed E-state index contributed by atoms with van der Waals surface area (Å²) in [6.45, 7) is 6.69. The summed E-state index contributed by atoms with van der Waals surface area (Å²) in [6.07, 6.45) is 4.40. The van der Waals surface area contributed by atoms with Crippen LogP contribution in [0.4, 0.5) is 0 Å². The molecular formula is C21H28N4O2. The number of hydrogen-bond donors (Lipinski definition) is 1. The van der Waals surface area contributed by atoms with Crippen molar-refractivity contribution in [1.29, 1.82) is 0 Å². The number of nitrogens with zero attached hydrogens (tertiary/aromatic N) is 3. The summed E-state index contributed by atoms with van der Waals surface area (Å²) in [6, 6.07) is 5.66. The number of aromatic nitrogens is 2. The fourth-order valence-electron chi connectivity index (χ4n) is 4.18. The molecule has 0 radical (unpaired) electrons. The Labute approximate surface area is 159 Å². The average molecular weight is 368 g/mol. The summed E-state index contributed by atoms with van der Waals surface area (Å²) >= 11 is 0. The number of hydrogen-bond acceptors (Lipinski definition) is 3. The SMILES string of the molecule is CC(C)c1nc2ccc(C(=O)N3CCN(C(=O)C4CCCC4)CC3)cc2[nH]1. The molecule has 4 rings (SSSR count). The Balaban J connectivity index is 1.41. The van der Waals surface area contributed by atoms with Crippen LogP contribution < -0.4 is 0 Å². The Hall–Kier alpha value is -2.37. The number of rotatable bonds is 3. The fourth-order valence-corrected chi connectivity index (χ4v) is 4.18. The van der Waals surface area contributed by atoms with Gasteiger partial charge in [0.1, 0.15) is 5.82 Å². The first-order valence-corrected chi connectivity index (χ1v) is 10.1. The second-order valence-electron chi connectivity index (χ2n) is 8.11. The lowest BCUT2D eigenvalue weighted by molar-refractivity contribution is -0.136. The minimum Gasteiger partial charge on any atom is -0.342 e. The van der Waals surface area contributed by atoms with Crippen LogP contribution in [0.15, 0.2) is 18.2 Å². The number of aromatic amines is 1. The summed E-state index contributed by atoms with van der Waals surface area (Å²) in [7, 11) is 0. The minimum absolute atomic E-state index is 0.0329. The van der Waals surface area contributed by atoms with Gasteiger partial charge < -0.3 is 14.8 Å². The van der Waals surface area contributed by atoms with Crippen molar-refractivity contribution >= 4 is 22.8 Å². The first kappa shape index (κ1) is 18.0. The van der Waals surface area contributed by atoms with Crippen molar-refractivity contribution in [3.8, 4) is 0 Å². The van der Waals surface area contributed by atoms with Crippen molar-refractivity contribution in [2.24, 2.45) is 5.92 Å². The molecule has 6 heteroatoms. The fraction of sp³-hybridized carbons (Fsp3) is 0.571. The molecule has 1 aromatic carbocycles. The summed E-state index contributed by atoms with van der Waals surface area (Å²) in [4.78, 5) is 37.2. The first-order valence-electron chi connectivity index (χ1n) is 10.1. The Morgan fingerprint density at radius 1 is 1.07 bits per heavy atom. The largest absolute Gasteiger partial charge is 0.342 e. The van der Waals surface area contributed by atoms with E-state index in [1.54, 1.807) is 0 Å². The highest BCUT2D eigenvalue weighted by molar-refractivity contribution is 5.97. The molecule has 0 atom stereocenters. The van der Waals surface area contributed by atoms with Gasteiger partial charge in [0, 0.05) is 43.6 Å². The zero-order valence-corrected chi connectivity index (χ0v) is 16.2. The maximum atomic E-state index is 12.9. The molecule has 1 aliphatic heterocycles. The zero-order valence-electron chi connectivity index (χ0n) is 16.2. The van der Waals surface area contributed by atoms with Crippen molar-refractivity contribution in [2.75, 3.05) is 26.2 Å². The molecule has 1 saturated carbocycles. The van der Waals surface area contributed by atoms with Gasteiger partial charge in [-0.05, 0) is 31.0 Å². The molecule has 27 heavy (non-hydrogen) atoms. The highest BCUT2D eigenvalue weighted by Crippen LogP contribution is 2.27. The van der Waals surface area contributed by atoms with Gasteiger partial charge in [0.15, 0.2) is 0 Å². The molecule has 6 nitrogen and oxygen atoms in total. The molecule has 1 aliphatic carbocycles. The molecule has 2 aromatic rings. The first-order chi connectivity index (χ1) is 13.0. The summed E-state index contributed by atoms with van der Waals surface area (Å²) in [5.41, 5.74) is 2.47. The van der Waals surface area contributed by atoms with Crippen LogP contribution in [0.2, 0.25) is 0 Å². The summed E-state index contributed by atoms with van der Waals surface area (Å²) in [5, 5.41) is 0. The Kier molecular flexibility index (Phi) is 4.89. The van der Waals surface area contributed by atoms with E-state index >= 15 is 0 Å². The number of fused-ring (bicyclic) bond motifs is 1. The monoisotopic (exact) mass is 368 g/mol. The third-order valence-corrected chi connectivity index (χ3v) is 5.88. The van der Waals surface area contributed by atoms with Gasteiger partial charge in [0.25, 0.3) is 5.91 Å². The lowest BCUT2D eigenvalue weighted by atomic mass is 10.1. The zero-order chi connectivity index (χ0) is 19.0. The second-order valence-corrected chi connectivity index (χ2v) is 8.11. The molecule has 1 N–H and O–H groups in total. The third-order valence-electron chi connectivity index (χ3n) is 5.88.